The molecule has 1 aliphatic heterocycles. The van der Waals surface area contributed by atoms with Crippen LogP contribution in [0.15, 0.2) is 24.3 Å². The Labute approximate surface area is 133 Å². The predicted octanol–water partition coefficient (Wildman–Crippen LogP) is 3.18. The van der Waals surface area contributed by atoms with Crippen LogP contribution >= 0.6 is 15.9 Å². The quantitative estimate of drug-likeness (QED) is 0.619. The van der Waals surface area contributed by atoms with Crippen molar-refractivity contribution in [1.82, 2.24) is 0 Å². The number of alkyl halides is 1. The van der Waals surface area contributed by atoms with Gasteiger partial charge in [0.15, 0.2) is 5.60 Å². The van der Waals surface area contributed by atoms with E-state index in [-0.39, 0.29) is 11.4 Å². The number of carbonyl (C=O) groups is 1. The third-order valence-electron chi connectivity index (χ3n) is 3.41. The molecule has 0 saturated carbocycles. The SMILES string of the molecule is CC(C)(C)[C@@H]1OC(=O)[C@@](CBr)(Cc2ccc(C#N)cc2)O1. The summed E-state index contributed by atoms with van der Waals surface area (Å²) in [6.07, 6.45) is -0.143. The van der Waals surface area contributed by atoms with Gasteiger partial charge in [-0.2, -0.15) is 5.26 Å². The molecule has 4 nitrogen and oxygen atoms in total. The molecule has 1 aromatic carbocycles. The van der Waals surface area contributed by atoms with Gasteiger partial charge < -0.3 is 9.47 Å². The second-order valence-corrected chi connectivity index (χ2v) is 6.90. The number of hydrogen-bond donors (Lipinski definition) is 0. The first-order valence-corrected chi connectivity index (χ1v) is 7.87. The van der Waals surface area contributed by atoms with Crippen LogP contribution in [-0.4, -0.2) is 23.2 Å². The lowest BCUT2D eigenvalue weighted by atomic mass is 9.94. The third-order valence-corrected chi connectivity index (χ3v) is 4.32. The number of nitrogens with zero attached hydrogens (tertiary/aromatic N) is 1. The van der Waals surface area contributed by atoms with Crippen LogP contribution in [-0.2, 0) is 20.7 Å². The Bertz CT molecular complexity index is 571. The molecule has 0 N–H and O–H groups in total. The highest BCUT2D eigenvalue weighted by Gasteiger charge is 2.52. The first kappa shape index (κ1) is 16.0. The molecule has 0 unspecified atom stereocenters. The van der Waals surface area contributed by atoms with Gasteiger partial charge in [0.25, 0.3) is 0 Å². The third kappa shape index (κ3) is 3.28. The molecule has 0 radical (unpaired) electrons. The fourth-order valence-electron chi connectivity index (χ4n) is 2.11. The van der Waals surface area contributed by atoms with Crippen molar-refractivity contribution in [3.8, 4) is 6.07 Å². The van der Waals surface area contributed by atoms with Crippen molar-refractivity contribution in [2.45, 2.75) is 39.1 Å². The van der Waals surface area contributed by atoms with Crippen molar-refractivity contribution < 1.29 is 14.3 Å². The maximum atomic E-state index is 12.3. The fourth-order valence-corrected chi connectivity index (χ4v) is 2.67. The zero-order valence-electron chi connectivity index (χ0n) is 12.4. The van der Waals surface area contributed by atoms with Gasteiger partial charge in [-0.15, -0.1) is 0 Å². The number of halogens is 1. The van der Waals surface area contributed by atoms with Gasteiger partial charge in [0.2, 0.25) is 6.29 Å². The summed E-state index contributed by atoms with van der Waals surface area (Å²) in [6, 6.07) is 9.22. The molecule has 0 spiro atoms. The van der Waals surface area contributed by atoms with Gasteiger partial charge in [0.1, 0.15) is 0 Å². The van der Waals surface area contributed by atoms with Crippen LogP contribution in [0.1, 0.15) is 31.9 Å². The van der Waals surface area contributed by atoms with E-state index in [0.29, 0.717) is 17.3 Å². The van der Waals surface area contributed by atoms with E-state index in [2.05, 4.69) is 22.0 Å². The summed E-state index contributed by atoms with van der Waals surface area (Å²) < 4.78 is 11.4. The van der Waals surface area contributed by atoms with Gasteiger partial charge in [0.05, 0.1) is 11.6 Å². The number of benzene rings is 1. The summed E-state index contributed by atoms with van der Waals surface area (Å²) in [5.74, 6) is -0.344. The number of rotatable bonds is 3. The Kier molecular flexibility index (Phi) is 4.40. The summed E-state index contributed by atoms with van der Waals surface area (Å²) in [5.41, 5.74) is 0.241. The van der Waals surface area contributed by atoms with Crippen LogP contribution in [0.4, 0.5) is 0 Å². The Morgan fingerprint density at radius 3 is 2.38 bits per heavy atom. The van der Waals surface area contributed by atoms with E-state index in [1.54, 1.807) is 12.1 Å². The molecule has 1 fully saturated rings. The molecule has 1 aliphatic rings. The minimum absolute atomic E-state index is 0.274. The number of ether oxygens (including phenoxy) is 2. The summed E-state index contributed by atoms with van der Waals surface area (Å²) in [7, 11) is 0. The maximum absolute atomic E-state index is 12.3. The van der Waals surface area contributed by atoms with Crippen molar-refractivity contribution in [2.24, 2.45) is 5.41 Å². The normalized spacial score (nSPS) is 25.5. The first-order chi connectivity index (χ1) is 9.80. The lowest BCUT2D eigenvalue weighted by Gasteiger charge is -2.27. The molecule has 21 heavy (non-hydrogen) atoms. The van der Waals surface area contributed by atoms with Crippen molar-refractivity contribution in [3.05, 3.63) is 35.4 Å². The molecule has 1 aromatic rings. The first-order valence-electron chi connectivity index (χ1n) is 6.75. The maximum Gasteiger partial charge on any atom is 0.342 e. The molecule has 5 heteroatoms. The topological polar surface area (TPSA) is 59.3 Å². The van der Waals surface area contributed by atoms with Crippen LogP contribution in [0.5, 0.6) is 0 Å². The van der Waals surface area contributed by atoms with E-state index in [0.717, 1.165) is 5.56 Å². The Balaban J connectivity index is 2.22. The second kappa shape index (κ2) is 5.78. The number of esters is 1. The van der Waals surface area contributed by atoms with E-state index in [1.807, 2.05) is 32.9 Å². The lowest BCUT2D eigenvalue weighted by molar-refractivity contribution is -0.155. The van der Waals surface area contributed by atoms with Gasteiger partial charge in [-0.25, -0.2) is 4.79 Å². The van der Waals surface area contributed by atoms with Crippen LogP contribution in [0.3, 0.4) is 0 Å². The molecule has 0 bridgehead atoms. The van der Waals surface area contributed by atoms with E-state index in [9.17, 15) is 4.79 Å². The van der Waals surface area contributed by atoms with Crippen molar-refractivity contribution in [3.63, 3.8) is 0 Å². The smallest absolute Gasteiger partial charge is 0.342 e. The van der Waals surface area contributed by atoms with Crippen molar-refractivity contribution in [2.75, 3.05) is 5.33 Å². The molecule has 2 rings (SSSR count). The fraction of sp³-hybridized carbons (Fsp3) is 0.500. The monoisotopic (exact) mass is 351 g/mol. The molecule has 0 aromatic heterocycles. The molecule has 2 atom stereocenters. The molecule has 112 valence electrons. The molecule has 0 amide bonds. The van der Waals surface area contributed by atoms with Crippen LogP contribution in [0, 0.1) is 16.7 Å². The highest BCUT2D eigenvalue weighted by molar-refractivity contribution is 9.09. The number of nitriles is 1. The van der Waals surface area contributed by atoms with Gasteiger partial charge in [-0.05, 0) is 17.7 Å². The highest BCUT2D eigenvalue weighted by atomic mass is 79.9. The van der Waals surface area contributed by atoms with Crippen LogP contribution in [0.25, 0.3) is 0 Å². The standard InChI is InChI=1S/C16H18BrNO3/c1-15(2,3)14-20-13(19)16(10-17,21-14)8-11-4-6-12(9-18)7-5-11/h4-7,14H,8,10H2,1-3H3/t14-,16+/m1/s1. The zero-order chi connectivity index (χ0) is 15.7. The summed E-state index contributed by atoms with van der Waals surface area (Å²) in [4.78, 5) is 12.3. The van der Waals surface area contributed by atoms with Crippen molar-refractivity contribution in [1.29, 1.82) is 5.26 Å². The molecule has 1 heterocycles. The molecule has 0 aliphatic carbocycles. The highest BCUT2D eigenvalue weighted by Crippen LogP contribution is 2.37. The van der Waals surface area contributed by atoms with E-state index in [1.165, 1.54) is 0 Å². The average Bonchev–Trinajstić information content (AvgIpc) is 2.77. The van der Waals surface area contributed by atoms with Crippen molar-refractivity contribution >= 4 is 21.9 Å². The summed E-state index contributed by atoms with van der Waals surface area (Å²) in [5, 5.41) is 9.19. The van der Waals surface area contributed by atoms with E-state index in [4.69, 9.17) is 14.7 Å². The Hall–Kier alpha value is -1.38. The number of hydrogen-bond acceptors (Lipinski definition) is 4. The van der Waals surface area contributed by atoms with Gasteiger partial charge >= 0.3 is 5.97 Å². The number of cyclic esters (lactones) is 1. The van der Waals surface area contributed by atoms with Crippen LogP contribution < -0.4 is 0 Å². The lowest BCUT2D eigenvalue weighted by Crippen LogP contribution is -2.41. The summed E-state index contributed by atoms with van der Waals surface area (Å²) in [6.45, 7) is 5.91. The largest absolute Gasteiger partial charge is 0.433 e. The molecular formula is C16H18BrNO3. The van der Waals surface area contributed by atoms with Gasteiger partial charge in [-0.3, -0.25) is 0 Å². The Morgan fingerprint density at radius 2 is 1.95 bits per heavy atom. The van der Waals surface area contributed by atoms with E-state index < -0.39 is 11.9 Å². The van der Waals surface area contributed by atoms with Crippen LogP contribution in [0.2, 0.25) is 0 Å². The van der Waals surface area contributed by atoms with E-state index >= 15 is 0 Å². The average molecular weight is 352 g/mol. The Morgan fingerprint density at radius 1 is 1.33 bits per heavy atom. The minimum Gasteiger partial charge on any atom is -0.433 e. The van der Waals surface area contributed by atoms with Gasteiger partial charge in [0, 0.05) is 17.2 Å². The molecule has 1 saturated heterocycles. The minimum atomic E-state index is -1.01. The van der Waals surface area contributed by atoms with Gasteiger partial charge in [-0.1, -0.05) is 48.8 Å². The second-order valence-electron chi connectivity index (χ2n) is 6.33. The summed E-state index contributed by atoms with van der Waals surface area (Å²) >= 11 is 3.38. The number of carbonyl (C=O) groups excluding carboxylic acids is 1. The molecular weight excluding hydrogens is 334 g/mol. The zero-order valence-corrected chi connectivity index (χ0v) is 13.9. The predicted molar refractivity (Wildman–Crippen MR) is 81.8 cm³/mol.